The number of rotatable bonds is 1. The van der Waals surface area contributed by atoms with Crippen LogP contribution in [0.3, 0.4) is 0 Å². The number of aryl methyl sites for hydroxylation is 1. The van der Waals surface area contributed by atoms with Crippen LogP contribution in [0.25, 0.3) is 22.1 Å². The van der Waals surface area contributed by atoms with Crippen molar-refractivity contribution < 1.29 is 0 Å². The Bertz CT molecular complexity index is 722. The number of benzene rings is 1. The minimum Gasteiger partial charge on any atom is -0.327 e. The molecule has 0 N–H and O–H groups in total. The summed E-state index contributed by atoms with van der Waals surface area (Å²) in [5.74, 6) is 0. The summed E-state index contributed by atoms with van der Waals surface area (Å²) in [5.41, 5.74) is 2.84. The molecule has 2 aromatic heterocycles. The molecule has 0 spiro atoms. The molecule has 0 fully saturated rings. The second-order valence-electron chi connectivity index (χ2n) is 3.69. The van der Waals surface area contributed by atoms with Gasteiger partial charge in [-0.05, 0) is 24.5 Å². The number of aromatic nitrogens is 4. The zero-order valence-corrected chi connectivity index (χ0v) is 11.7. The summed E-state index contributed by atoms with van der Waals surface area (Å²) in [5, 5.41) is 10.1. The molecule has 2 heterocycles. The molecule has 0 bridgehead atoms. The summed E-state index contributed by atoms with van der Waals surface area (Å²) in [4.78, 5) is 4.50. The number of hydrogen-bond acceptors (Lipinski definition) is 4. The Balaban J connectivity index is 2.49. The quantitative estimate of drug-likeness (QED) is 0.648. The number of fused-ring (bicyclic) bond motifs is 3. The molecule has 4 nitrogen and oxygen atoms in total. The lowest BCUT2D eigenvalue weighted by molar-refractivity contribution is 0.857. The lowest BCUT2D eigenvalue weighted by Gasteiger charge is -1.97. The number of hydrogen-bond donors (Lipinski definition) is 0. The summed E-state index contributed by atoms with van der Waals surface area (Å²) in [6, 6.07) is 6.12. The predicted octanol–water partition coefficient (Wildman–Crippen LogP) is 3.00. The van der Waals surface area contributed by atoms with E-state index in [0.29, 0.717) is 5.16 Å². The van der Waals surface area contributed by atoms with Crippen molar-refractivity contribution in [1.82, 2.24) is 19.7 Å². The molecule has 1 aromatic carbocycles. The van der Waals surface area contributed by atoms with Crippen LogP contribution in [0.2, 0.25) is 0 Å². The van der Waals surface area contributed by atoms with Gasteiger partial charge in [0.15, 0.2) is 5.65 Å². The van der Waals surface area contributed by atoms with Gasteiger partial charge in [-0.2, -0.15) is 0 Å². The molecule has 6 heteroatoms. The van der Waals surface area contributed by atoms with E-state index in [4.69, 9.17) is 0 Å². The van der Waals surface area contributed by atoms with Gasteiger partial charge in [0.05, 0.1) is 5.52 Å². The van der Waals surface area contributed by atoms with Crippen molar-refractivity contribution in [2.45, 2.75) is 5.16 Å². The maximum atomic E-state index is 4.50. The Labute approximate surface area is 111 Å². The van der Waals surface area contributed by atoms with E-state index < -0.39 is 0 Å². The van der Waals surface area contributed by atoms with Gasteiger partial charge in [0, 0.05) is 16.9 Å². The Morgan fingerprint density at radius 1 is 1.29 bits per heavy atom. The van der Waals surface area contributed by atoms with Gasteiger partial charge >= 0.3 is 0 Å². The van der Waals surface area contributed by atoms with Gasteiger partial charge in [-0.25, -0.2) is 4.98 Å². The zero-order valence-electron chi connectivity index (χ0n) is 9.31. The first-order chi connectivity index (χ1) is 8.20. The summed E-state index contributed by atoms with van der Waals surface area (Å²) in [7, 11) is 2.00. The van der Waals surface area contributed by atoms with Crippen LogP contribution in [0.1, 0.15) is 0 Å². The van der Waals surface area contributed by atoms with Gasteiger partial charge < -0.3 is 4.57 Å². The second kappa shape index (κ2) is 3.96. The van der Waals surface area contributed by atoms with Gasteiger partial charge in [0.1, 0.15) is 5.52 Å². The number of halogens is 1. The third-order valence-electron chi connectivity index (χ3n) is 2.72. The standard InChI is InChI=1S/C11H9BrN4S/c1-16-8-4-3-6(12)5-7(8)9-10(16)13-11(17-2)15-14-9/h3-5H,1-2H3. The molecule has 0 aliphatic carbocycles. The molecule has 17 heavy (non-hydrogen) atoms. The predicted molar refractivity (Wildman–Crippen MR) is 73.3 cm³/mol. The molecule has 0 amide bonds. The van der Waals surface area contributed by atoms with Gasteiger partial charge in [-0.1, -0.05) is 27.7 Å². The molecule has 0 saturated heterocycles. The third kappa shape index (κ3) is 1.63. The zero-order chi connectivity index (χ0) is 12.0. The lowest BCUT2D eigenvalue weighted by atomic mass is 10.2. The molecule has 0 atom stereocenters. The maximum Gasteiger partial charge on any atom is 0.210 e. The molecule has 0 aliphatic heterocycles. The Morgan fingerprint density at radius 3 is 2.88 bits per heavy atom. The van der Waals surface area contributed by atoms with Crippen molar-refractivity contribution in [2.75, 3.05) is 6.26 Å². The van der Waals surface area contributed by atoms with Crippen LogP contribution in [-0.4, -0.2) is 26.0 Å². The highest BCUT2D eigenvalue weighted by molar-refractivity contribution is 9.10. The van der Waals surface area contributed by atoms with E-state index in [2.05, 4.69) is 37.2 Å². The average molecular weight is 309 g/mol. The first-order valence-electron chi connectivity index (χ1n) is 5.03. The van der Waals surface area contributed by atoms with E-state index in [1.165, 1.54) is 11.8 Å². The molecule has 3 rings (SSSR count). The fourth-order valence-corrected chi connectivity index (χ4v) is 2.56. The van der Waals surface area contributed by atoms with Gasteiger partial charge in [-0.15, -0.1) is 10.2 Å². The normalized spacial score (nSPS) is 11.5. The van der Waals surface area contributed by atoms with E-state index in [-0.39, 0.29) is 0 Å². The van der Waals surface area contributed by atoms with Gasteiger partial charge in [-0.3, -0.25) is 0 Å². The summed E-state index contributed by atoms with van der Waals surface area (Å²) in [6.45, 7) is 0. The highest BCUT2D eigenvalue weighted by atomic mass is 79.9. The van der Waals surface area contributed by atoms with Gasteiger partial charge in [0.2, 0.25) is 5.16 Å². The Morgan fingerprint density at radius 2 is 2.12 bits per heavy atom. The highest BCUT2D eigenvalue weighted by Crippen LogP contribution is 2.28. The fourth-order valence-electron chi connectivity index (χ4n) is 1.90. The van der Waals surface area contributed by atoms with Crippen molar-refractivity contribution in [2.24, 2.45) is 7.05 Å². The number of thioether (sulfide) groups is 1. The molecule has 0 unspecified atom stereocenters. The Kier molecular flexibility index (Phi) is 2.56. The van der Waals surface area contributed by atoms with Gasteiger partial charge in [0.25, 0.3) is 0 Å². The highest BCUT2D eigenvalue weighted by Gasteiger charge is 2.12. The lowest BCUT2D eigenvalue weighted by Crippen LogP contribution is -1.94. The van der Waals surface area contributed by atoms with Crippen molar-refractivity contribution in [3.8, 4) is 0 Å². The molecular formula is C11H9BrN4S. The minimum atomic E-state index is 0.697. The topological polar surface area (TPSA) is 43.6 Å². The van der Waals surface area contributed by atoms with E-state index in [9.17, 15) is 0 Å². The maximum absolute atomic E-state index is 4.50. The monoisotopic (exact) mass is 308 g/mol. The summed E-state index contributed by atoms with van der Waals surface area (Å²) < 4.78 is 3.08. The van der Waals surface area contributed by atoms with E-state index >= 15 is 0 Å². The third-order valence-corrected chi connectivity index (χ3v) is 3.76. The first-order valence-corrected chi connectivity index (χ1v) is 7.05. The molecule has 0 saturated carbocycles. The van der Waals surface area contributed by atoms with Crippen LogP contribution in [0, 0.1) is 0 Å². The minimum absolute atomic E-state index is 0.697. The van der Waals surface area contributed by atoms with Crippen LogP contribution >= 0.6 is 27.7 Å². The van der Waals surface area contributed by atoms with Crippen molar-refractivity contribution >= 4 is 49.8 Å². The average Bonchev–Trinajstić information content (AvgIpc) is 2.62. The van der Waals surface area contributed by atoms with Crippen LogP contribution in [0.5, 0.6) is 0 Å². The Hall–Kier alpha value is -1.14. The SMILES string of the molecule is CSc1nnc2c3cc(Br)ccc3n(C)c2n1. The van der Waals surface area contributed by atoms with Crippen LogP contribution in [-0.2, 0) is 7.05 Å². The molecule has 0 aliphatic rings. The van der Waals surface area contributed by atoms with Crippen molar-refractivity contribution in [1.29, 1.82) is 0 Å². The first kappa shape index (κ1) is 11.0. The van der Waals surface area contributed by atoms with Crippen LogP contribution in [0.4, 0.5) is 0 Å². The molecule has 3 aromatic rings. The van der Waals surface area contributed by atoms with Crippen molar-refractivity contribution in [3.05, 3.63) is 22.7 Å². The molecule has 0 radical (unpaired) electrons. The van der Waals surface area contributed by atoms with Crippen molar-refractivity contribution in [3.63, 3.8) is 0 Å². The van der Waals surface area contributed by atoms with E-state index in [0.717, 1.165) is 26.5 Å². The molecule has 86 valence electrons. The summed E-state index contributed by atoms with van der Waals surface area (Å²) >= 11 is 4.97. The largest absolute Gasteiger partial charge is 0.327 e. The smallest absolute Gasteiger partial charge is 0.210 e. The second-order valence-corrected chi connectivity index (χ2v) is 5.38. The molecular weight excluding hydrogens is 300 g/mol. The van der Waals surface area contributed by atoms with Crippen LogP contribution in [0.15, 0.2) is 27.8 Å². The van der Waals surface area contributed by atoms with E-state index in [1.54, 1.807) is 0 Å². The fraction of sp³-hybridized carbons (Fsp3) is 0.182. The summed E-state index contributed by atoms with van der Waals surface area (Å²) in [6.07, 6.45) is 1.95. The van der Waals surface area contributed by atoms with E-state index in [1.807, 2.05) is 30.0 Å². The van der Waals surface area contributed by atoms with Crippen LogP contribution < -0.4 is 0 Å². The number of nitrogens with zero attached hydrogens (tertiary/aromatic N) is 4.